The minimum Gasteiger partial charge on any atom is -0.466 e. The second-order valence-corrected chi connectivity index (χ2v) is 5.78. The number of halogens is 1. The maximum atomic E-state index is 12.6. The zero-order chi connectivity index (χ0) is 17.1. The van der Waals surface area contributed by atoms with Gasteiger partial charge in [-0.05, 0) is 24.6 Å². The van der Waals surface area contributed by atoms with E-state index in [0.29, 0.717) is 16.1 Å². The van der Waals surface area contributed by atoms with Gasteiger partial charge in [0, 0.05) is 21.5 Å². The highest BCUT2D eigenvalue weighted by atomic mass is 35.5. The molecule has 0 amide bonds. The van der Waals surface area contributed by atoms with Gasteiger partial charge < -0.3 is 9.72 Å². The van der Waals surface area contributed by atoms with Gasteiger partial charge in [-0.15, -0.1) is 0 Å². The van der Waals surface area contributed by atoms with E-state index in [2.05, 4.69) is 4.98 Å². The lowest BCUT2D eigenvalue weighted by Gasteiger charge is -2.13. The number of fused-ring (bicyclic) bond motifs is 1. The summed E-state index contributed by atoms with van der Waals surface area (Å²) in [5.41, 5.74) is 2.33. The maximum absolute atomic E-state index is 12.6. The van der Waals surface area contributed by atoms with E-state index in [9.17, 15) is 9.59 Å². The van der Waals surface area contributed by atoms with E-state index in [1.165, 1.54) is 0 Å². The quantitative estimate of drug-likeness (QED) is 0.731. The number of nitrogens with one attached hydrogen (secondary N) is 1. The summed E-state index contributed by atoms with van der Waals surface area (Å²) in [4.78, 5) is 27.3. The molecule has 2 aromatic carbocycles. The standard InChI is InChI=1S/C19H16ClNO3/c1-2-24-17(22)11-15-18(12-6-4-3-5-7-12)14-9-8-13(20)10-16(14)21-19(15)23/h3-10H,2,11H2,1H3,(H,21,23). The summed E-state index contributed by atoms with van der Waals surface area (Å²) < 4.78 is 5.01. The third-order valence-electron chi connectivity index (χ3n) is 3.76. The van der Waals surface area contributed by atoms with Crippen molar-refractivity contribution in [2.24, 2.45) is 0 Å². The number of benzene rings is 2. The molecule has 0 saturated carbocycles. The van der Waals surface area contributed by atoms with Gasteiger partial charge >= 0.3 is 5.97 Å². The SMILES string of the molecule is CCOC(=O)Cc1c(-c2ccccc2)c2ccc(Cl)cc2[nH]c1=O. The first-order chi connectivity index (χ1) is 11.6. The monoisotopic (exact) mass is 341 g/mol. The molecule has 0 unspecified atom stereocenters. The molecule has 0 aliphatic rings. The van der Waals surface area contributed by atoms with E-state index >= 15 is 0 Å². The summed E-state index contributed by atoms with van der Waals surface area (Å²) in [5, 5.41) is 1.37. The molecule has 24 heavy (non-hydrogen) atoms. The van der Waals surface area contributed by atoms with E-state index in [4.69, 9.17) is 16.3 Å². The molecule has 1 heterocycles. The number of esters is 1. The molecular weight excluding hydrogens is 326 g/mol. The van der Waals surface area contributed by atoms with Gasteiger partial charge in [-0.1, -0.05) is 48.0 Å². The Labute approximate surface area is 144 Å². The first-order valence-electron chi connectivity index (χ1n) is 7.65. The Morgan fingerprint density at radius 2 is 1.92 bits per heavy atom. The number of pyridine rings is 1. The summed E-state index contributed by atoms with van der Waals surface area (Å²) in [6.07, 6.45) is -0.0774. The fourth-order valence-electron chi connectivity index (χ4n) is 2.77. The van der Waals surface area contributed by atoms with Crippen molar-refractivity contribution in [3.8, 4) is 11.1 Å². The minimum absolute atomic E-state index is 0.0774. The highest BCUT2D eigenvalue weighted by molar-refractivity contribution is 6.31. The van der Waals surface area contributed by atoms with E-state index < -0.39 is 5.97 Å². The average molecular weight is 342 g/mol. The predicted octanol–water partition coefficient (Wildman–Crippen LogP) is 3.95. The average Bonchev–Trinajstić information content (AvgIpc) is 2.56. The Kier molecular flexibility index (Phi) is 4.67. The van der Waals surface area contributed by atoms with Gasteiger partial charge in [0.25, 0.3) is 5.56 Å². The molecule has 4 nitrogen and oxygen atoms in total. The number of hydrogen-bond acceptors (Lipinski definition) is 3. The minimum atomic E-state index is -0.423. The van der Waals surface area contributed by atoms with Crippen molar-refractivity contribution in [3.05, 3.63) is 69.5 Å². The number of H-pyrrole nitrogens is 1. The Hall–Kier alpha value is -2.59. The molecule has 0 aliphatic carbocycles. The largest absolute Gasteiger partial charge is 0.466 e. The molecule has 0 atom stereocenters. The smallest absolute Gasteiger partial charge is 0.310 e. The highest BCUT2D eigenvalue weighted by Gasteiger charge is 2.18. The Morgan fingerprint density at radius 1 is 1.17 bits per heavy atom. The molecule has 0 bridgehead atoms. The fraction of sp³-hybridized carbons (Fsp3) is 0.158. The summed E-state index contributed by atoms with van der Waals surface area (Å²) in [7, 11) is 0. The van der Waals surface area contributed by atoms with Crippen LogP contribution >= 0.6 is 11.6 Å². The van der Waals surface area contributed by atoms with Crippen LogP contribution in [0, 0.1) is 0 Å². The van der Waals surface area contributed by atoms with Crippen LogP contribution in [0.1, 0.15) is 12.5 Å². The van der Waals surface area contributed by atoms with Crippen LogP contribution in [0.4, 0.5) is 0 Å². The van der Waals surface area contributed by atoms with Crippen LogP contribution in [0.25, 0.3) is 22.0 Å². The number of carbonyl (C=O) groups is 1. The first-order valence-corrected chi connectivity index (χ1v) is 8.03. The summed E-state index contributed by atoms with van der Waals surface area (Å²) >= 11 is 6.04. The van der Waals surface area contributed by atoms with E-state index in [1.54, 1.807) is 19.1 Å². The van der Waals surface area contributed by atoms with Gasteiger partial charge in [-0.2, -0.15) is 0 Å². The van der Waals surface area contributed by atoms with E-state index in [-0.39, 0.29) is 18.6 Å². The van der Waals surface area contributed by atoms with Gasteiger partial charge in [0.05, 0.1) is 18.5 Å². The van der Waals surface area contributed by atoms with Crippen molar-refractivity contribution in [1.82, 2.24) is 4.98 Å². The lowest BCUT2D eigenvalue weighted by atomic mass is 9.94. The van der Waals surface area contributed by atoms with Gasteiger partial charge in [0.15, 0.2) is 0 Å². The van der Waals surface area contributed by atoms with Crippen LogP contribution in [0.3, 0.4) is 0 Å². The fourth-order valence-corrected chi connectivity index (χ4v) is 2.94. The predicted molar refractivity (Wildman–Crippen MR) is 95.4 cm³/mol. The Balaban J connectivity index is 2.29. The lowest BCUT2D eigenvalue weighted by molar-refractivity contribution is -0.142. The molecule has 0 saturated heterocycles. The molecule has 3 rings (SSSR count). The Morgan fingerprint density at radius 3 is 2.62 bits per heavy atom. The zero-order valence-electron chi connectivity index (χ0n) is 13.1. The normalized spacial score (nSPS) is 10.8. The van der Waals surface area contributed by atoms with Crippen LogP contribution in [-0.4, -0.2) is 17.6 Å². The van der Waals surface area contributed by atoms with Crippen molar-refractivity contribution in [2.75, 3.05) is 6.61 Å². The van der Waals surface area contributed by atoms with Crippen molar-refractivity contribution in [1.29, 1.82) is 0 Å². The number of aromatic amines is 1. The number of rotatable bonds is 4. The molecule has 1 aromatic heterocycles. The van der Waals surface area contributed by atoms with Crippen LogP contribution < -0.4 is 5.56 Å². The first kappa shape index (κ1) is 16.3. The second-order valence-electron chi connectivity index (χ2n) is 5.35. The number of hydrogen-bond donors (Lipinski definition) is 1. The zero-order valence-corrected chi connectivity index (χ0v) is 13.9. The van der Waals surface area contributed by atoms with Crippen LogP contribution in [-0.2, 0) is 16.0 Å². The van der Waals surface area contributed by atoms with Crippen molar-refractivity contribution in [3.63, 3.8) is 0 Å². The summed E-state index contributed by atoms with van der Waals surface area (Å²) in [5.74, 6) is -0.423. The van der Waals surface area contributed by atoms with Crippen LogP contribution in [0.15, 0.2) is 53.3 Å². The molecule has 1 N–H and O–H groups in total. The molecule has 0 aliphatic heterocycles. The molecule has 5 heteroatoms. The van der Waals surface area contributed by atoms with E-state index in [1.807, 2.05) is 36.4 Å². The van der Waals surface area contributed by atoms with Crippen molar-refractivity contribution in [2.45, 2.75) is 13.3 Å². The number of carbonyl (C=O) groups excluding carboxylic acids is 1. The van der Waals surface area contributed by atoms with Crippen LogP contribution in [0.2, 0.25) is 5.02 Å². The number of aromatic nitrogens is 1. The molecule has 0 spiro atoms. The number of ether oxygens (including phenoxy) is 1. The van der Waals surface area contributed by atoms with Crippen LogP contribution in [0.5, 0.6) is 0 Å². The third-order valence-corrected chi connectivity index (χ3v) is 4.00. The molecule has 0 fully saturated rings. The highest BCUT2D eigenvalue weighted by Crippen LogP contribution is 2.31. The molecule has 0 radical (unpaired) electrons. The summed E-state index contributed by atoms with van der Waals surface area (Å²) in [6, 6.07) is 14.8. The lowest BCUT2D eigenvalue weighted by Crippen LogP contribution is -2.19. The Bertz CT molecular complexity index is 948. The van der Waals surface area contributed by atoms with Gasteiger partial charge in [0.2, 0.25) is 0 Å². The van der Waals surface area contributed by atoms with Gasteiger partial charge in [-0.3, -0.25) is 9.59 Å². The molecular formula is C19H16ClNO3. The second kappa shape index (κ2) is 6.89. The summed E-state index contributed by atoms with van der Waals surface area (Å²) in [6.45, 7) is 2.02. The molecule has 122 valence electrons. The third kappa shape index (κ3) is 3.19. The van der Waals surface area contributed by atoms with Crippen molar-refractivity contribution < 1.29 is 9.53 Å². The van der Waals surface area contributed by atoms with Gasteiger partial charge in [0.1, 0.15) is 0 Å². The van der Waals surface area contributed by atoms with Crippen molar-refractivity contribution >= 4 is 28.5 Å². The topological polar surface area (TPSA) is 59.2 Å². The molecule has 3 aromatic rings. The van der Waals surface area contributed by atoms with E-state index in [0.717, 1.165) is 16.5 Å². The van der Waals surface area contributed by atoms with Gasteiger partial charge in [-0.25, -0.2) is 0 Å². The maximum Gasteiger partial charge on any atom is 0.310 e.